The van der Waals surface area contributed by atoms with E-state index in [1.54, 1.807) is 32.4 Å². The summed E-state index contributed by atoms with van der Waals surface area (Å²) in [6.07, 6.45) is 3.94. The number of nitrogens with one attached hydrogen (secondary N) is 3. The van der Waals surface area contributed by atoms with Crippen molar-refractivity contribution in [3.63, 3.8) is 0 Å². The monoisotopic (exact) mass is 473 g/mol. The van der Waals surface area contributed by atoms with Gasteiger partial charge < -0.3 is 25.3 Å². The summed E-state index contributed by atoms with van der Waals surface area (Å²) in [4.78, 5) is 30.3. The van der Waals surface area contributed by atoms with Crippen LogP contribution >= 0.6 is 0 Å². The molecule has 0 radical (unpaired) electrons. The van der Waals surface area contributed by atoms with Crippen LogP contribution in [0, 0.1) is 0 Å². The summed E-state index contributed by atoms with van der Waals surface area (Å²) in [5, 5.41) is 13.2. The maximum atomic E-state index is 13.3. The number of anilines is 3. The standard InChI is InChI=1S/C22H25F2N7O3/c1-25-18-8-17(27-15-4-3-7-30(21(15)33)12-9-22(23,24)10-12)29-19-13(11-26-31(18)19)20(32)28-14-5-6-16(14)34-2/h3-4,7-8,11-12,14,16,25H,5-6,9-10H2,1-2H3,(H,27,29)(H,28,32)/t14-,16-/m0/s1. The van der Waals surface area contributed by atoms with Gasteiger partial charge in [0.2, 0.25) is 0 Å². The second kappa shape index (κ2) is 8.35. The van der Waals surface area contributed by atoms with Crippen LogP contribution in [0.5, 0.6) is 0 Å². The SMILES string of the molecule is CNc1cc(Nc2cccn(C3CC(F)(F)C3)c2=O)nc2c(C(=O)N[C@H]3CC[C@@H]3OC)cnn12. The molecule has 3 heterocycles. The van der Waals surface area contributed by atoms with Crippen LogP contribution in [0.15, 0.2) is 35.4 Å². The highest BCUT2D eigenvalue weighted by Gasteiger charge is 2.46. The van der Waals surface area contributed by atoms with Gasteiger partial charge in [0, 0.05) is 45.3 Å². The number of pyridine rings is 1. The molecule has 2 aliphatic carbocycles. The minimum atomic E-state index is -2.73. The summed E-state index contributed by atoms with van der Waals surface area (Å²) in [7, 11) is 3.31. The molecule has 180 valence electrons. The quantitative estimate of drug-likeness (QED) is 0.483. The first-order chi connectivity index (χ1) is 16.3. The fourth-order valence-electron chi connectivity index (χ4n) is 4.39. The van der Waals surface area contributed by atoms with E-state index in [0.29, 0.717) is 17.3 Å². The number of ether oxygens (including phenoxy) is 1. The van der Waals surface area contributed by atoms with Crippen molar-refractivity contribution in [3.05, 3.63) is 46.5 Å². The van der Waals surface area contributed by atoms with E-state index in [4.69, 9.17) is 4.74 Å². The van der Waals surface area contributed by atoms with Crippen LogP contribution in [0.3, 0.4) is 0 Å². The van der Waals surface area contributed by atoms with E-state index < -0.39 is 17.5 Å². The predicted octanol–water partition coefficient (Wildman–Crippen LogP) is 2.55. The van der Waals surface area contributed by atoms with Gasteiger partial charge in [-0.2, -0.15) is 9.61 Å². The first-order valence-electron chi connectivity index (χ1n) is 11.1. The largest absolute Gasteiger partial charge is 0.379 e. The van der Waals surface area contributed by atoms with E-state index in [9.17, 15) is 18.4 Å². The van der Waals surface area contributed by atoms with E-state index in [1.165, 1.54) is 21.5 Å². The molecule has 2 atom stereocenters. The smallest absolute Gasteiger partial charge is 0.274 e. The number of alkyl halides is 2. The summed E-state index contributed by atoms with van der Waals surface area (Å²) in [6.45, 7) is 0. The molecule has 0 saturated heterocycles. The van der Waals surface area contributed by atoms with Crippen LogP contribution in [0.4, 0.5) is 26.1 Å². The number of methoxy groups -OCH3 is 1. The lowest BCUT2D eigenvalue weighted by Crippen LogP contribution is -2.51. The molecule has 5 rings (SSSR count). The molecule has 0 aromatic carbocycles. The molecule has 0 spiro atoms. The molecular weight excluding hydrogens is 448 g/mol. The number of hydrogen-bond donors (Lipinski definition) is 3. The number of fused-ring (bicyclic) bond motifs is 1. The molecule has 0 bridgehead atoms. The van der Waals surface area contributed by atoms with Crippen LogP contribution in [-0.2, 0) is 4.74 Å². The Bertz CT molecular complexity index is 1300. The molecule has 3 N–H and O–H groups in total. The van der Waals surface area contributed by atoms with Crippen LogP contribution in [0.25, 0.3) is 5.65 Å². The molecular formula is C22H25F2N7O3. The number of nitrogens with zero attached hydrogens (tertiary/aromatic N) is 4. The number of aromatic nitrogens is 4. The molecule has 1 amide bonds. The van der Waals surface area contributed by atoms with Gasteiger partial charge in [0.25, 0.3) is 17.4 Å². The zero-order valence-corrected chi connectivity index (χ0v) is 18.7. The van der Waals surface area contributed by atoms with E-state index in [2.05, 4.69) is 26.0 Å². The van der Waals surface area contributed by atoms with Crippen molar-refractivity contribution in [2.45, 2.75) is 49.8 Å². The lowest BCUT2D eigenvalue weighted by molar-refractivity contribution is -0.104. The predicted molar refractivity (Wildman–Crippen MR) is 121 cm³/mol. The molecule has 34 heavy (non-hydrogen) atoms. The van der Waals surface area contributed by atoms with Gasteiger partial charge in [0.15, 0.2) is 5.65 Å². The van der Waals surface area contributed by atoms with Crippen molar-refractivity contribution >= 4 is 28.9 Å². The average Bonchev–Trinajstić information content (AvgIpc) is 3.20. The van der Waals surface area contributed by atoms with Gasteiger partial charge in [-0.15, -0.1) is 0 Å². The minimum Gasteiger partial charge on any atom is -0.379 e. The molecule has 12 heteroatoms. The van der Waals surface area contributed by atoms with Crippen LogP contribution in [0.1, 0.15) is 42.1 Å². The van der Waals surface area contributed by atoms with Gasteiger partial charge >= 0.3 is 0 Å². The van der Waals surface area contributed by atoms with Crippen LogP contribution in [-0.4, -0.2) is 57.3 Å². The summed E-state index contributed by atoms with van der Waals surface area (Å²) < 4.78 is 34.8. The van der Waals surface area contributed by atoms with Crippen LogP contribution in [0.2, 0.25) is 0 Å². The van der Waals surface area contributed by atoms with Crippen LogP contribution < -0.4 is 21.5 Å². The van der Waals surface area contributed by atoms with Crippen molar-refractivity contribution in [2.24, 2.45) is 0 Å². The lowest BCUT2D eigenvalue weighted by Gasteiger charge is -2.36. The Hall–Kier alpha value is -3.54. The van der Waals surface area contributed by atoms with Gasteiger partial charge in [0.05, 0.1) is 18.3 Å². The van der Waals surface area contributed by atoms with Crippen molar-refractivity contribution in [3.8, 4) is 0 Å². The third-order valence-electron chi connectivity index (χ3n) is 6.50. The van der Waals surface area contributed by atoms with Crippen molar-refractivity contribution < 1.29 is 18.3 Å². The fraction of sp³-hybridized carbons (Fsp3) is 0.455. The zero-order chi connectivity index (χ0) is 24.0. The molecule has 10 nitrogen and oxygen atoms in total. The molecule has 3 aromatic heterocycles. The first-order valence-corrected chi connectivity index (χ1v) is 11.1. The number of carbonyl (C=O) groups is 1. The van der Waals surface area contributed by atoms with Crippen molar-refractivity contribution in [1.82, 2.24) is 24.5 Å². The Labute approximate surface area is 193 Å². The molecule has 0 unspecified atom stereocenters. The fourth-order valence-corrected chi connectivity index (χ4v) is 4.39. The van der Waals surface area contributed by atoms with Gasteiger partial charge in [0.1, 0.15) is 22.9 Å². The maximum Gasteiger partial charge on any atom is 0.274 e. The Morgan fingerprint density at radius 3 is 2.74 bits per heavy atom. The van der Waals surface area contributed by atoms with Gasteiger partial charge in [-0.3, -0.25) is 9.59 Å². The topological polar surface area (TPSA) is 115 Å². The Morgan fingerprint density at radius 2 is 2.09 bits per heavy atom. The van der Waals surface area contributed by atoms with E-state index in [0.717, 1.165) is 12.8 Å². The molecule has 2 saturated carbocycles. The zero-order valence-electron chi connectivity index (χ0n) is 18.7. The molecule has 0 aliphatic heterocycles. The Kier molecular flexibility index (Phi) is 5.47. The van der Waals surface area contributed by atoms with E-state index in [1.807, 2.05) is 0 Å². The molecule has 2 fully saturated rings. The molecule has 3 aromatic rings. The van der Waals surface area contributed by atoms with Gasteiger partial charge in [-0.25, -0.2) is 13.8 Å². The lowest BCUT2D eigenvalue weighted by atomic mass is 9.88. The number of amides is 1. The second-order valence-electron chi connectivity index (χ2n) is 8.68. The normalized spacial score (nSPS) is 21.5. The first kappa shape index (κ1) is 22.3. The third kappa shape index (κ3) is 3.87. The van der Waals surface area contributed by atoms with Crippen molar-refractivity contribution in [1.29, 1.82) is 0 Å². The average molecular weight is 473 g/mol. The Morgan fingerprint density at radius 1 is 1.29 bits per heavy atom. The highest BCUT2D eigenvalue weighted by Crippen LogP contribution is 2.44. The summed E-state index contributed by atoms with van der Waals surface area (Å²) >= 11 is 0. The number of carbonyl (C=O) groups excluding carboxylic acids is 1. The highest BCUT2D eigenvalue weighted by atomic mass is 19.3. The van der Waals surface area contributed by atoms with Crippen molar-refractivity contribution in [2.75, 3.05) is 24.8 Å². The van der Waals surface area contributed by atoms with E-state index in [-0.39, 0.29) is 42.1 Å². The highest BCUT2D eigenvalue weighted by molar-refractivity contribution is 6.00. The third-order valence-corrected chi connectivity index (χ3v) is 6.50. The van der Waals surface area contributed by atoms with Gasteiger partial charge in [-0.1, -0.05) is 0 Å². The summed E-state index contributed by atoms with van der Waals surface area (Å²) in [6, 6.07) is 4.22. The maximum absolute atomic E-state index is 13.3. The minimum absolute atomic E-state index is 0.0142. The molecule has 2 aliphatic rings. The Balaban J connectivity index is 1.44. The van der Waals surface area contributed by atoms with E-state index >= 15 is 0 Å². The summed E-state index contributed by atoms with van der Waals surface area (Å²) in [5.41, 5.74) is 0.358. The second-order valence-corrected chi connectivity index (χ2v) is 8.68. The van der Waals surface area contributed by atoms with Gasteiger partial charge in [-0.05, 0) is 25.0 Å². The summed E-state index contributed by atoms with van der Waals surface area (Å²) in [5.74, 6) is -2.20. The number of rotatable bonds is 7. The number of hydrogen-bond acceptors (Lipinski definition) is 7. The number of halogens is 2.